The number of nitro groups is 1. The van der Waals surface area contributed by atoms with E-state index in [1.165, 1.54) is 0 Å². The van der Waals surface area contributed by atoms with Crippen molar-refractivity contribution in [1.29, 1.82) is 0 Å². The second-order valence-corrected chi connectivity index (χ2v) is 5.37. The molecular weight excluding hydrogens is 276 g/mol. The number of primary amides is 1. The van der Waals surface area contributed by atoms with Crippen LogP contribution in [0.1, 0.15) is 25.6 Å². The molecule has 9 nitrogen and oxygen atoms in total. The summed E-state index contributed by atoms with van der Waals surface area (Å²) in [4.78, 5) is 24.3. The van der Waals surface area contributed by atoms with Crippen LogP contribution in [0, 0.1) is 17.0 Å². The van der Waals surface area contributed by atoms with Gasteiger partial charge in [0, 0.05) is 25.7 Å². The van der Waals surface area contributed by atoms with Crippen LogP contribution in [-0.2, 0) is 4.79 Å². The molecule has 116 valence electrons. The quantitative estimate of drug-likeness (QED) is 0.593. The maximum absolute atomic E-state index is 11.6. The minimum Gasteiger partial charge on any atom is -0.368 e. The van der Waals surface area contributed by atoms with Crippen LogP contribution in [0.3, 0.4) is 0 Å². The van der Waals surface area contributed by atoms with Gasteiger partial charge in [0.05, 0.1) is 4.92 Å². The lowest BCUT2D eigenvalue weighted by atomic mass is 10.1. The molecule has 1 aliphatic heterocycles. The van der Waals surface area contributed by atoms with E-state index in [0.29, 0.717) is 31.1 Å². The van der Waals surface area contributed by atoms with E-state index in [-0.39, 0.29) is 11.7 Å². The van der Waals surface area contributed by atoms with Gasteiger partial charge in [0.25, 0.3) is 0 Å². The molecule has 0 radical (unpaired) electrons. The summed E-state index contributed by atoms with van der Waals surface area (Å²) in [6.45, 7) is 6.84. The van der Waals surface area contributed by atoms with Gasteiger partial charge in [-0.2, -0.15) is 5.10 Å². The highest BCUT2D eigenvalue weighted by Crippen LogP contribution is 2.35. The van der Waals surface area contributed by atoms with E-state index in [1.807, 2.05) is 13.8 Å². The number of nitrogens with one attached hydrogen (secondary N) is 1. The zero-order valence-corrected chi connectivity index (χ0v) is 12.4. The van der Waals surface area contributed by atoms with Crippen molar-refractivity contribution in [2.45, 2.75) is 32.9 Å². The summed E-state index contributed by atoms with van der Waals surface area (Å²) in [6, 6.07) is -0.679. The van der Waals surface area contributed by atoms with Crippen molar-refractivity contribution in [3.63, 3.8) is 0 Å². The van der Waals surface area contributed by atoms with Crippen LogP contribution in [0.25, 0.3) is 0 Å². The van der Waals surface area contributed by atoms with Crippen LogP contribution >= 0.6 is 0 Å². The number of aromatic nitrogens is 2. The first-order chi connectivity index (χ1) is 9.84. The molecule has 0 aliphatic carbocycles. The van der Waals surface area contributed by atoms with Gasteiger partial charge < -0.3 is 16.0 Å². The number of anilines is 1. The van der Waals surface area contributed by atoms with Crippen molar-refractivity contribution < 1.29 is 9.72 Å². The fraction of sp³-hybridized carbons (Fsp3) is 0.667. The third-order valence-corrected chi connectivity index (χ3v) is 3.54. The second kappa shape index (κ2) is 5.68. The largest absolute Gasteiger partial charge is 0.368 e. The molecular formula is C12H20N6O3. The number of amides is 1. The molecule has 1 atom stereocenters. The molecule has 2 heterocycles. The van der Waals surface area contributed by atoms with Crippen LogP contribution in [-0.4, -0.2) is 46.3 Å². The first kappa shape index (κ1) is 15.2. The number of hydrogen-bond acceptors (Lipinski definition) is 6. The minimum atomic E-state index is -0.619. The molecule has 2 rings (SSSR count). The third kappa shape index (κ3) is 2.68. The molecule has 3 N–H and O–H groups in total. The number of aryl methyl sites for hydroxylation is 1. The van der Waals surface area contributed by atoms with Gasteiger partial charge in [0.2, 0.25) is 11.7 Å². The van der Waals surface area contributed by atoms with Crippen molar-refractivity contribution in [2.24, 2.45) is 5.73 Å². The lowest BCUT2D eigenvalue weighted by Gasteiger charge is -2.35. The molecule has 0 spiro atoms. The molecule has 0 saturated carbocycles. The number of piperazine rings is 1. The Labute approximate surface area is 122 Å². The van der Waals surface area contributed by atoms with Crippen molar-refractivity contribution in [3.8, 4) is 0 Å². The summed E-state index contributed by atoms with van der Waals surface area (Å²) in [5.41, 5.74) is 5.71. The molecule has 0 aromatic carbocycles. The van der Waals surface area contributed by atoms with Crippen LogP contribution in [0.2, 0.25) is 0 Å². The standard InChI is InChI=1S/C12H20N6O3/c1-7(2)17-12(10(18(20)21)8(3)15-17)16-5-4-14-6-9(16)11(13)19/h7,9,14H,4-6H2,1-3H3,(H2,13,19). The molecule has 1 fully saturated rings. The normalized spacial score (nSPS) is 19.0. The molecule has 1 aromatic rings. The first-order valence-corrected chi connectivity index (χ1v) is 6.84. The van der Waals surface area contributed by atoms with Gasteiger partial charge in [-0.15, -0.1) is 0 Å². The second-order valence-electron chi connectivity index (χ2n) is 5.37. The van der Waals surface area contributed by atoms with Gasteiger partial charge in [-0.25, -0.2) is 4.68 Å². The average Bonchev–Trinajstić information content (AvgIpc) is 2.76. The van der Waals surface area contributed by atoms with Gasteiger partial charge in [-0.3, -0.25) is 14.9 Å². The van der Waals surface area contributed by atoms with E-state index in [9.17, 15) is 14.9 Å². The Hall–Kier alpha value is -2.16. The Morgan fingerprint density at radius 1 is 1.57 bits per heavy atom. The lowest BCUT2D eigenvalue weighted by Crippen LogP contribution is -2.57. The van der Waals surface area contributed by atoms with E-state index in [0.717, 1.165) is 0 Å². The van der Waals surface area contributed by atoms with E-state index in [4.69, 9.17) is 5.73 Å². The summed E-state index contributed by atoms with van der Waals surface area (Å²) in [5, 5.41) is 18.7. The van der Waals surface area contributed by atoms with Crippen molar-refractivity contribution in [2.75, 3.05) is 24.5 Å². The first-order valence-electron chi connectivity index (χ1n) is 6.84. The van der Waals surface area contributed by atoms with Crippen molar-refractivity contribution in [3.05, 3.63) is 15.8 Å². The SMILES string of the molecule is Cc1nn(C(C)C)c(N2CCNCC2C(N)=O)c1[N+](=O)[O-]. The average molecular weight is 296 g/mol. The van der Waals surface area contributed by atoms with Crippen molar-refractivity contribution in [1.82, 2.24) is 15.1 Å². The smallest absolute Gasteiger partial charge is 0.333 e. The summed E-state index contributed by atoms with van der Waals surface area (Å²) < 4.78 is 1.59. The van der Waals surface area contributed by atoms with E-state index < -0.39 is 16.9 Å². The minimum absolute atomic E-state index is 0.0585. The summed E-state index contributed by atoms with van der Waals surface area (Å²) >= 11 is 0. The molecule has 9 heteroatoms. The van der Waals surface area contributed by atoms with Crippen LogP contribution in [0.5, 0.6) is 0 Å². The maximum atomic E-state index is 11.6. The monoisotopic (exact) mass is 296 g/mol. The van der Waals surface area contributed by atoms with Crippen LogP contribution < -0.4 is 16.0 Å². The van der Waals surface area contributed by atoms with Crippen LogP contribution in [0.15, 0.2) is 0 Å². The highest BCUT2D eigenvalue weighted by molar-refractivity contribution is 5.85. The molecule has 1 aromatic heterocycles. The summed E-state index contributed by atoms with van der Waals surface area (Å²) in [5.74, 6) is -0.150. The van der Waals surface area contributed by atoms with Gasteiger partial charge in [0.1, 0.15) is 11.7 Å². The third-order valence-electron chi connectivity index (χ3n) is 3.54. The number of hydrogen-bond donors (Lipinski definition) is 2. The number of nitrogens with zero attached hydrogens (tertiary/aromatic N) is 4. The number of rotatable bonds is 4. The Bertz CT molecular complexity index is 568. The molecule has 1 unspecified atom stereocenters. The molecule has 1 amide bonds. The number of nitrogens with two attached hydrogens (primary N) is 1. The zero-order chi connectivity index (χ0) is 15.7. The zero-order valence-electron chi connectivity index (χ0n) is 12.4. The maximum Gasteiger partial charge on any atom is 0.333 e. The molecule has 0 bridgehead atoms. The Kier molecular flexibility index (Phi) is 4.12. The van der Waals surface area contributed by atoms with E-state index >= 15 is 0 Å². The fourth-order valence-electron chi connectivity index (χ4n) is 2.58. The topological polar surface area (TPSA) is 119 Å². The Morgan fingerprint density at radius 3 is 2.76 bits per heavy atom. The summed E-state index contributed by atoms with van der Waals surface area (Å²) in [7, 11) is 0. The van der Waals surface area contributed by atoms with Crippen LogP contribution in [0.4, 0.5) is 11.5 Å². The number of carbonyl (C=O) groups is 1. The van der Waals surface area contributed by atoms with E-state index in [2.05, 4.69) is 10.4 Å². The van der Waals surface area contributed by atoms with E-state index in [1.54, 1.807) is 16.5 Å². The van der Waals surface area contributed by atoms with Crippen molar-refractivity contribution >= 4 is 17.4 Å². The molecule has 1 aliphatic rings. The lowest BCUT2D eigenvalue weighted by molar-refractivity contribution is -0.384. The predicted molar refractivity (Wildman–Crippen MR) is 77.2 cm³/mol. The van der Waals surface area contributed by atoms with Gasteiger partial charge in [-0.1, -0.05) is 0 Å². The fourth-order valence-corrected chi connectivity index (χ4v) is 2.58. The Morgan fingerprint density at radius 2 is 2.24 bits per heavy atom. The number of carbonyl (C=O) groups excluding carboxylic acids is 1. The van der Waals surface area contributed by atoms with Gasteiger partial charge >= 0.3 is 5.69 Å². The van der Waals surface area contributed by atoms with Gasteiger partial charge in [-0.05, 0) is 20.8 Å². The Balaban J connectivity index is 2.59. The summed E-state index contributed by atoms with van der Waals surface area (Å²) in [6.07, 6.45) is 0. The predicted octanol–water partition coefficient (Wildman–Crippen LogP) is -0.0559. The van der Waals surface area contributed by atoms with Gasteiger partial charge in [0.15, 0.2) is 0 Å². The molecule has 1 saturated heterocycles. The highest BCUT2D eigenvalue weighted by Gasteiger charge is 2.37. The highest BCUT2D eigenvalue weighted by atomic mass is 16.6. The molecule has 21 heavy (non-hydrogen) atoms.